The van der Waals surface area contributed by atoms with Gasteiger partial charge in [-0.25, -0.2) is 0 Å². The number of aryl methyl sites for hydroxylation is 1. The summed E-state index contributed by atoms with van der Waals surface area (Å²) < 4.78 is 0.821. The highest BCUT2D eigenvalue weighted by Gasteiger charge is 2.18. The van der Waals surface area contributed by atoms with E-state index in [1.165, 1.54) is 0 Å². The Morgan fingerprint density at radius 1 is 1.25 bits per heavy atom. The zero-order valence-corrected chi connectivity index (χ0v) is 12.1. The summed E-state index contributed by atoms with van der Waals surface area (Å²) in [7, 11) is 0. The number of nitrogens with two attached hydrogens (primary N) is 1. The molecule has 20 heavy (non-hydrogen) atoms. The summed E-state index contributed by atoms with van der Waals surface area (Å²) in [5.41, 5.74) is 6.89. The number of H-pyrrole nitrogens is 1. The molecule has 0 aliphatic rings. The number of halogens is 1. The first-order valence-corrected chi connectivity index (χ1v) is 6.41. The van der Waals surface area contributed by atoms with Crippen LogP contribution in [0.25, 0.3) is 11.1 Å². The fraction of sp³-hybridized carbons (Fsp3) is 0.0714. The van der Waals surface area contributed by atoms with Crippen molar-refractivity contribution in [3.05, 3.63) is 49.7 Å². The van der Waals surface area contributed by atoms with Crippen molar-refractivity contribution in [2.45, 2.75) is 6.92 Å². The number of hydrogen-bond acceptors (Lipinski definition) is 4. The number of nitriles is 2. The van der Waals surface area contributed by atoms with Crippen LogP contribution in [0.15, 0.2) is 27.5 Å². The number of anilines is 1. The second-order valence-electron chi connectivity index (χ2n) is 4.18. The molecule has 0 saturated heterocycles. The molecule has 0 amide bonds. The molecule has 0 atom stereocenters. The summed E-state index contributed by atoms with van der Waals surface area (Å²) in [6.07, 6.45) is 0. The Morgan fingerprint density at radius 3 is 2.45 bits per heavy atom. The molecule has 0 radical (unpaired) electrons. The van der Waals surface area contributed by atoms with Gasteiger partial charge >= 0.3 is 0 Å². The van der Waals surface area contributed by atoms with Crippen molar-refractivity contribution >= 4 is 21.7 Å². The molecule has 2 rings (SSSR count). The minimum absolute atomic E-state index is 0.0387. The van der Waals surface area contributed by atoms with E-state index in [9.17, 15) is 10.1 Å². The van der Waals surface area contributed by atoms with Gasteiger partial charge in [-0.1, -0.05) is 28.1 Å². The van der Waals surface area contributed by atoms with E-state index in [0.717, 1.165) is 10.0 Å². The van der Waals surface area contributed by atoms with Crippen LogP contribution in [0.4, 0.5) is 5.82 Å². The first-order valence-electron chi connectivity index (χ1n) is 5.62. The largest absolute Gasteiger partial charge is 0.384 e. The molecule has 1 aromatic heterocycles. The quantitative estimate of drug-likeness (QED) is 0.838. The van der Waals surface area contributed by atoms with Crippen molar-refractivity contribution in [1.29, 1.82) is 10.5 Å². The smallest absolute Gasteiger partial charge is 0.268 e. The number of nitrogen functional groups attached to an aromatic ring is 1. The Morgan fingerprint density at radius 2 is 1.90 bits per heavy atom. The summed E-state index contributed by atoms with van der Waals surface area (Å²) in [5.74, 6) is -0.0387. The molecular formula is C14H9BrN4O. The van der Waals surface area contributed by atoms with E-state index in [1.54, 1.807) is 12.1 Å². The topological polar surface area (TPSA) is 106 Å². The van der Waals surface area contributed by atoms with E-state index in [2.05, 4.69) is 20.9 Å². The fourth-order valence-corrected chi connectivity index (χ4v) is 2.26. The van der Waals surface area contributed by atoms with Crippen molar-refractivity contribution in [3.8, 4) is 23.3 Å². The predicted molar refractivity (Wildman–Crippen MR) is 78.8 cm³/mol. The molecule has 1 aromatic carbocycles. The van der Waals surface area contributed by atoms with E-state index in [-0.39, 0.29) is 22.5 Å². The van der Waals surface area contributed by atoms with Gasteiger partial charge < -0.3 is 10.7 Å². The highest BCUT2D eigenvalue weighted by Crippen LogP contribution is 2.30. The average molecular weight is 329 g/mol. The fourth-order valence-electron chi connectivity index (χ4n) is 1.88. The molecular weight excluding hydrogens is 320 g/mol. The van der Waals surface area contributed by atoms with Gasteiger partial charge in [0.25, 0.3) is 5.56 Å². The van der Waals surface area contributed by atoms with Crippen molar-refractivity contribution in [1.82, 2.24) is 4.98 Å². The van der Waals surface area contributed by atoms with Crippen LogP contribution in [0.3, 0.4) is 0 Å². The molecule has 98 valence electrons. The Kier molecular flexibility index (Phi) is 3.60. The highest BCUT2D eigenvalue weighted by molar-refractivity contribution is 9.10. The molecule has 3 N–H and O–H groups in total. The Balaban J connectivity index is 2.92. The first kappa shape index (κ1) is 13.9. The number of nitrogens with one attached hydrogen (secondary N) is 1. The summed E-state index contributed by atoms with van der Waals surface area (Å²) in [5, 5.41) is 18.4. The van der Waals surface area contributed by atoms with Crippen molar-refractivity contribution in [3.63, 3.8) is 0 Å². The van der Waals surface area contributed by atoms with Gasteiger partial charge in [-0.2, -0.15) is 10.5 Å². The van der Waals surface area contributed by atoms with Crippen molar-refractivity contribution in [2.75, 3.05) is 5.73 Å². The van der Waals surface area contributed by atoms with Crippen LogP contribution in [-0.2, 0) is 0 Å². The standard InChI is InChI=1S/C14H9BrN4O/c1-7-2-3-8(4-11(7)15)12-9(5-16)13(18)19-14(20)10(12)6-17/h2-4H,1H3,(H3,18,19,20). The lowest BCUT2D eigenvalue weighted by atomic mass is 9.96. The van der Waals surface area contributed by atoms with Crippen LogP contribution in [0.5, 0.6) is 0 Å². The molecule has 0 fully saturated rings. The molecule has 2 aromatic rings. The number of nitrogens with zero attached hydrogens (tertiary/aromatic N) is 2. The van der Waals surface area contributed by atoms with Crippen LogP contribution in [0.1, 0.15) is 16.7 Å². The first-order chi connectivity index (χ1) is 9.49. The molecule has 0 saturated carbocycles. The third-order valence-corrected chi connectivity index (χ3v) is 3.78. The number of benzene rings is 1. The molecule has 0 aliphatic heterocycles. The Hall–Kier alpha value is -2.57. The maximum atomic E-state index is 11.8. The van der Waals surface area contributed by atoms with Gasteiger partial charge in [0.05, 0.1) is 0 Å². The molecule has 0 bridgehead atoms. The van der Waals surface area contributed by atoms with Crippen LogP contribution in [-0.4, -0.2) is 4.98 Å². The number of pyridine rings is 1. The summed E-state index contributed by atoms with van der Waals surface area (Å²) in [6.45, 7) is 1.91. The Labute approximate surface area is 123 Å². The second kappa shape index (κ2) is 5.20. The third kappa shape index (κ3) is 2.18. The average Bonchev–Trinajstić information content (AvgIpc) is 2.41. The zero-order chi connectivity index (χ0) is 14.9. The lowest BCUT2D eigenvalue weighted by Crippen LogP contribution is -2.16. The number of aromatic amines is 1. The van der Waals surface area contributed by atoms with Crippen molar-refractivity contribution in [2.24, 2.45) is 0 Å². The SMILES string of the molecule is Cc1ccc(-c2c(C#N)c(N)[nH]c(=O)c2C#N)cc1Br. The number of hydrogen-bond donors (Lipinski definition) is 2. The van der Waals surface area contributed by atoms with E-state index in [0.29, 0.717) is 5.56 Å². The summed E-state index contributed by atoms with van der Waals surface area (Å²) >= 11 is 3.39. The lowest BCUT2D eigenvalue weighted by molar-refractivity contribution is 1.21. The van der Waals surface area contributed by atoms with Crippen LogP contribution >= 0.6 is 15.9 Å². The van der Waals surface area contributed by atoms with Crippen LogP contribution in [0.2, 0.25) is 0 Å². The molecule has 0 unspecified atom stereocenters. The molecule has 6 heteroatoms. The van der Waals surface area contributed by atoms with Gasteiger partial charge in [-0.05, 0) is 24.1 Å². The Bertz CT molecular complexity index is 840. The molecule has 5 nitrogen and oxygen atoms in total. The van der Waals surface area contributed by atoms with Crippen LogP contribution in [0, 0.1) is 29.6 Å². The van der Waals surface area contributed by atoms with Gasteiger partial charge in [-0.3, -0.25) is 4.79 Å². The number of aromatic nitrogens is 1. The van der Waals surface area contributed by atoms with Gasteiger partial charge in [0.2, 0.25) is 0 Å². The second-order valence-corrected chi connectivity index (χ2v) is 5.03. The van der Waals surface area contributed by atoms with Gasteiger partial charge in [0, 0.05) is 10.0 Å². The maximum Gasteiger partial charge on any atom is 0.268 e. The summed E-state index contributed by atoms with van der Waals surface area (Å²) in [6, 6.07) is 9.10. The maximum absolute atomic E-state index is 11.8. The molecule has 0 aliphatic carbocycles. The highest BCUT2D eigenvalue weighted by atomic mass is 79.9. The van der Waals surface area contributed by atoms with E-state index in [4.69, 9.17) is 11.0 Å². The van der Waals surface area contributed by atoms with Crippen LogP contribution < -0.4 is 11.3 Å². The van der Waals surface area contributed by atoms with Crippen molar-refractivity contribution < 1.29 is 0 Å². The minimum atomic E-state index is -0.601. The normalized spacial score (nSPS) is 9.80. The van der Waals surface area contributed by atoms with Gasteiger partial charge in [-0.15, -0.1) is 0 Å². The summed E-state index contributed by atoms with van der Waals surface area (Å²) in [4.78, 5) is 14.1. The molecule has 1 heterocycles. The number of rotatable bonds is 1. The third-order valence-electron chi connectivity index (χ3n) is 2.93. The lowest BCUT2D eigenvalue weighted by Gasteiger charge is -2.10. The van der Waals surface area contributed by atoms with Gasteiger partial charge in [0.15, 0.2) is 0 Å². The molecule has 0 spiro atoms. The van der Waals surface area contributed by atoms with E-state index < -0.39 is 5.56 Å². The van der Waals surface area contributed by atoms with Gasteiger partial charge in [0.1, 0.15) is 29.1 Å². The minimum Gasteiger partial charge on any atom is -0.384 e. The predicted octanol–water partition coefficient (Wildman–Crippen LogP) is 2.44. The van der Waals surface area contributed by atoms with E-state index >= 15 is 0 Å². The monoisotopic (exact) mass is 328 g/mol. The zero-order valence-electron chi connectivity index (χ0n) is 10.5. The van der Waals surface area contributed by atoms with E-state index in [1.807, 2.05) is 25.1 Å².